The Bertz CT molecular complexity index is 551. The van der Waals surface area contributed by atoms with Crippen LogP contribution in [0.25, 0.3) is 0 Å². The van der Waals surface area contributed by atoms with Gasteiger partial charge in [-0.1, -0.05) is 18.6 Å². The van der Waals surface area contributed by atoms with Crippen molar-refractivity contribution < 1.29 is 0 Å². The number of nitrogens with zero attached hydrogens (tertiary/aromatic N) is 2. The van der Waals surface area contributed by atoms with Crippen LogP contribution in [-0.2, 0) is 6.42 Å². The highest BCUT2D eigenvalue weighted by molar-refractivity contribution is 9.12. The van der Waals surface area contributed by atoms with Crippen molar-refractivity contribution in [3.63, 3.8) is 0 Å². The van der Waals surface area contributed by atoms with Crippen molar-refractivity contribution in [1.29, 1.82) is 5.26 Å². The molecule has 0 radical (unpaired) electrons. The van der Waals surface area contributed by atoms with E-state index in [0.717, 1.165) is 23.1 Å². The van der Waals surface area contributed by atoms with Gasteiger partial charge in [0.05, 0.1) is 15.8 Å². The third kappa shape index (κ3) is 2.80. The molecule has 0 unspecified atom stereocenters. The third-order valence-corrected chi connectivity index (χ3v) is 3.35. The van der Waals surface area contributed by atoms with Crippen LogP contribution in [0.15, 0.2) is 27.8 Å². The highest BCUT2D eigenvalue weighted by Crippen LogP contribution is 2.23. The molecular formula is C14H16BrN3. The summed E-state index contributed by atoms with van der Waals surface area (Å²) in [6.45, 7) is 4.05. The van der Waals surface area contributed by atoms with Crippen molar-refractivity contribution in [2.75, 3.05) is 7.05 Å². The number of benzene rings is 1. The number of hydrogen-bond donors (Lipinski definition) is 1. The lowest BCUT2D eigenvalue weighted by molar-refractivity contribution is 1.12. The number of aliphatic imine (C=N–C) groups is 1. The van der Waals surface area contributed by atoms with Crippen LogP contribution in [0.2, 0.25) is 0 Å². The fourth-order valence-corrected chi connectivity index (χ4v) is 2.28. The molecule has 0 atom stereocenters. The van der Waals surface area contributed by atoms with E-state index in [4.69, 9.17) is 5.73 Å². The van der Waals surface area contributed by atoms with E-state index in [1.807, 2.05) is 26.0 Å². The summed E-state index contributed by atoms with van der Waals surface area (Å²) in [6.07, 6.45) is 2.26. The fraction of sp³-hybridized carbons (Fsp3) is 0.286. The number of hydrogen-bond acceptors (Lipinski definition) is 3. The van der Waals surface area contributed by atoms with E-state index in [1.165, 1.54) is 6.20 Å². The SMILES string of the molecule is CCc1cc(C)cc(C(=NC)C(Br)=CN)c1C#N. The molecule has 3 nitrogen and oxygen atoms in total. The first kappa shape index (κ1) is 14.5. The number of halogens is 1. The van der Waals surface area contributed by atoms with Crippen molar-refractivity contribution in [3.05, 3.63) is 45.1 Å². The van der Waals surface area contributed by atoms with E-state index < -0.39 is 0 Å². The van der Waals surface area contributed by atoms with Crippen LogP contribution < -0.4 is 5.73 Å². The highest BCUT2D eigenvalue weighted by Gasteiger charge is 2.15. The Labute approximate surface area is 116 Å². The number of allylic oxidation sites excluding steroid dienone is 1. The molecule has 0 aromatic heterocycles. The van der Waals surface area contributed by atoms with E-state index in [2.05, 4.69) is 27.0 Å². The minimum atomic E-state index is 0.669. The first-order chi connectivity index (χ1) is 8.58. The van der Waals surface area contributed by atoms with Crippen molar-refractivity contribution in [2.45, 2.75) is 20.3 Å². The summed E-state index contributed by atoms with van der Waals surface area (Å²) in [5.74, 6) is 0. The molecule has 0 fully saturated rings. The van der Waals surface area contributed by atoms with Gasteiger partial charge in [-0.05, 0) is 40.9 Å². The lowest BCUT2D eigenvalue weighted by Gasteiger charge is -2.12. The topological polar surface area (TPSA) is 62.2 Å². The molecule has 2 N–H and O–H groups in total. The smallest absolute Gasteiger partial charge is 0.100 e. The summed E-state index contributed by atoms with van der Waals surface area (Å²) in [7, 11) is 1.69. The minimum absolute atomic E-state index is 0.669. The molecule has 18 heavy (non-hydrogen) atoms. The number of aryl methyl sites for hydroxylation is 2. The summed E-state index contributed by atoms with van der Waals surface area (Å²) < 4.78 is 0.689. The normalized spacial score (nSPS) is 12.4. The van der Waals surface area contributed by atoms with E-state index in [0.29, 0.717) is 15.8 Å². The first-order valence-corrected chi connectivity index (χ1v) is 6.46. The predicted octanol–water partition coefficient (Wildman–Crippen LogP) is 3.04. The monoisotopic (exact) mass is 305 g/mol. The molecule has 0 heterocycles. The van der Waals surface area contributed by atoms with Crippen LogP contribution in [-0.4, -0.2) is 12.8 Å². The lowest BCUT2D eigenvalue weighted by atomic mass is 9.94. The first-order valence-electron chi connectivity index (χ1n) is 5.67. The average Bonchev–Trinajstić information content (AvgIpc) is 2.38. The van der Waals surface area contributed by atoms with Crippen LogP contribution >= 0.6 is 15.9 Å². The zero-order valence-corrected chi connectivity index (χ0v) is 12.4. The van der Waals surface area contributed by atoms with Gasteiger partial charge in [0.15, 0.2) is 0 Å². The Morgan fingerprint density at radius 3 is 2.67 bits per heavy atom. The van der Waals surface area contributed by atoms with E-state index in [9.17, 15) is 5.26 Å². The van der Waals surface area contributed by atoms with Gasteiger partial charge in [-0.25, -0.2) is 0 Å². The molecule has 0 aliphatic rings. The average molecular weight is 306 g/mol. The summed E-state index contributed by atoms with van der Waals surface area (Å²) in [5, 5.41) is 9.35. The predicted molar refractivity (Wildman–Crippen MR) is 78.9 cm³/mol. The van der Waals surface area contributed by atoms with Gasteiger partial charge in [-0.15, -0.1) is 0 Å². The van der Waals surface area contributed by atoms with Crippen LogP contribution in [0.4, 0.5) is 0 Å². The summed E-state index contributed by atoms with van der Waals surface area (Å²) in [4.78, 5) is 4.22. The molecule has 0 spiro atoms. The Balaban J connectivity index is 3.59. The maximum absolute atomic E-state index is 9.35. The van der Waals surface area contributed by atoms with Gasteiger partial charge in [0.2, 0.25) is 0 Å². The Hall–Kier alpha value is -1.60. The van der Waals surface area contributed by atoms with Gasteiger partial charge in [0, 0.05) is 18.8 Å². The molecular weight excluding hydrogens is 290 g/mol. The van der Waals surface area contributed by atoms with E-state index >= 15 is 0 Å². The molecule has 94 valence electrons. The second-order valence-corrected chi connectivity index (χ2v) is 4.75. The van der Waals surface area contributed by atoms with Gasteiger partial charge < -0.3 is 5.73 Å². The zero-order valence-electron chi connectivity index (χ0n) is 10.8. The molecule has 1 aromatic rings. The van der Waals surface area contributed by atoms with Crippen molar-refractivity contribution in [1.82, 2.24) is 0 Å². The standard InChI is InChI=1S/C14H16BrN3/c1-4-10-5-9(2)6-11(12(10)7-16)14(18-3)13(15)8-17/h5-6,8H,4,17H2,1-3H3. The van der Waals surface area contributed by atoms with Gasteiger partial charge in [-0.3, -0.25) is 4.99 Å². The molecule has 0 aliphatic carbocycles. The van der Waals surface area contributed by atoms with Crippen LogP contribution in [0.5, 0.6) is 0 Å². The highest BCUT2D eigenvalue weighted by atomic mass is 79.9. The zero-order chi connectivity index (χ0) is 13.7. The fourth-order valence-electron chi connectivity index (χ4n) is 1.89. The lowest BCUT2D eigenvalue weighted by Crippen LogP contribution is -2.08. The molecule has 0 saturated carbocycles. The van der Waals surface area contributed by atoms with Crippen molar-refractivity contribution in [3.8, 4) is 6.07 Å². The Morgan fingerprint density at radius 1 is 1.56 bits per heavy atom. The number of nitriles is 1. The maximum atomic E-state index is 9.35. The summed E-state index contributed by atoms with van der Waals surface area (Å²) in [6, 6.07) is 6.27. The minimum Gasteiger partial charge on any atom is -0.404 e. The van der Waals surface area contributed by atoms with Crippen LogP contribution in [0, 0.1) is 18.3 Å². The molecule has 0 saturated heterocycles. The van der Waals surface area contributed by atoms with Gasteiger partial charge in [0.1, 0.15) is 6.07 Å². The molecule has 0 aliphatic heterocycles. The van der Waals surface area contributed by atoms with Crippen LogP contribution in [0.1, 0.15) is 29.2 Å². The Kier molecular flexibility index (Phi) is 5.11. The largest absolute Gasteiger partial charge is 0.404 e. The molecule has 0 bridgehead atoms. The van der Waals surface area contributed by atoms with E-state index in [-0.39, 0.29) is 0 Å². The van der Waals surface area contributed by atoms with Crippen molar-refractivity contribution >= 4 is 21.6 Å². The summed E-state index contributed by atoms with van der Waals surface area (Å²) in [5.41, 5.74) is 9.85. The molecule has 0 amide bonds. The van der Waals surface area contributed by atoms with Crippen LogP contribution in [0.3, 0.4) is 0 Å². The van der Waals surface area contributed by atoms with Gasteiger partial charge >= 0.3 is 0 Å². The third-order valence-electron chi connectivity index (χ3n) is 2.71. The van der Waals surface area contributed by atoms with E-state index in [1.54, 1.807) is 7.05 Å². The van der Waals surface area contributed by atoms with Gasteiger partial charge in [0.25, 0.3) is 0 Å². The maximum Gasteiger partial charge on any atom is 0.100 e. The molecule has 1 aromatic carbocycles. The molecule has 4 heteroatoms. The quantitative estimate of drug-likeness (QED) is 0.872. The second kappa shape index (κ2) is 6.36. The van der Waals surface area contributed by atoms with Crippen molar-refractivity contribution in [2.24, 2.45) is 10.7 Å². The van der Waals surface area contributed by atoms with Gasteiger partial charge in [-0.2, -0.15) is 5.26 Å². The second-order valence-electron chi connectivity index (χ2n) is 3.90. The summed E-state index contributed by atoms with van der Waals surface area (Å²) >= 11 is 3.37. The molecule has 1 rings (SSSR count). The number of nitrogens with two attached hydrogens (primary N) is 1. The Morgan fingerprint density at radius 2 is 2.22 bits per heavy atom. The number of rotatable bonds is 3.